The molecule has 1 aliphatic heterocycles. The van der Waals surface area contributed by atoms with Gasteiger partial charge in [-0.25, -0.2) is 9.78 Å². The van der Waals surface area contributed by atoms with Gasteiger partial charge in [-0.05, 0) is 37.0 Å². The Hall–Kier alpha value is -2.44. The van der Waals surface area contributed by atoms with Crippen molar-refractivity contribution in [2.75, 3.05) is 31.6 Å². The predicted molar refractivity (Wildman–Crippen MR) is 105 cm³/mol. The van der Waals surface area contributed by atoms with Gasteiger partial charge in [0.05, 0.1) is 6.10 Å². The van der Waals surface area contributed by atoms with Gasteiger partial charge in [-0.1, -0.05) is 36.4 Å². The van der Waals surface area contributed by atoms with E-state index in [-0.39, 0.29) is 5.69 Å². The van der Waals surface area contributed by atoms with Crippen LogP contribution >= 0.6 is 0 Å². The molecule has 1 aromatic heterocycles. The topological polar surface area (TPSA) is 74.7 Å². The van der Waals surface area contributed by atoms with E-state index in [1.807, 2.05) is 0 Å². The average molecular weight is 369 g/mol. The minimum absolute atomic E-state index is 0.0542. The zero-order valence-corrected chi connectivity index (χ0v) is 15.5. The number of aromatic nitrogens is 1. The predicted octanol–water partition coefficient (Wildman–Crippen LogP) is 3.26. The van der Waals surface area contributed by atoms with Crippen molar-refractivity contribution in [3.05, 3.63) is 59.8 Å². The van der Waals surface area contributed by atoms with Crippen molar-refractivity contribution in [1.82, 2.24) is 9.88 Å². The number of piperidine rings is 1. The second-order valence-corrected chi connectivity index (χ2v) is 6.83. The lowest BCUT2D eigenvalue weighted by Crippen LogP contribution is -2.36. The van der Waals surface area contributed by atoms with Crippen LogP contribution in [-0.2, 0) is 11.3 Å². The summed E-state index contributed by atoms with van der Waals surface area (Å²) in [6.45, 7) is 4.57. The summed E-state index contributed by atoms with van der Waals surface area (Å²) >= 11 is 0. The van der Waals surface area contributed by atoms with Gasteiger partial charge in [-0.15, -0.1) is 0 Å². The van der Waals surface area contributed by atoms with Gasteiger partial charge in [0.15, 0.2) is 5.69 Å². The third-order valence-electron chi connectivity index (χ3n) is 4.73. The van der Waals surface area contributed by atoms with E-state index in [4.69, 9.17) is 9.84 Å². The first-order valence-corrected chi connectivity index (χ1v) is 9.53. The maximum atomic E-state index is 10.9. The maximum Gasteiger partial charge on any atom is 0.354 e. The van der Waals surface area contributed by atoms with Gasteiger partial charge in [0.1, 0.15) is 5.82 Å². The first-order valence-electron chi connectivity index (χ1n) is 9.53. The Bertz CT molecular complexity index is 716. The van der Waals surface area contributed by atoms with Gasteiger partial charge in [0.25, 0.3) is 0 Å². The molecule has 1 fully saturated rings. The van der Waals surface area contributed by atoms with E-state index in [9.17, 15) is 4.79 Å². The number of rotatable bonds is 9. The molecule has 2 aromatic rings. The van der Waals surface area contributed by atoms with Gasteiger partial charge in [0, 0.05) is 32.8 Å². The number of likely N-dealkylation sites (tertiary alicyclic amines) is 1. The van der Waals surface area contributed by atoms with Gasteiger partial charge >= 0.3 is 5.97 Å². The minimum atomic E-state index is -1.01. The molecule has 0 radical (unpaired) electrons. The normalized spacial score (nSPS) is 15.6. The molecule has 1 aromatic carbocycles. The van der Waals surface area contributed by atoms with Crippen LogP contribution in [0.4, 0.5) is 5.82 Å². The van der Waals surface area contributed by atoms with Crippen LogP contribution in [0.25, 0.3) is 0 Å². The molecule has 0 bridgehead atoms. The van der Waals surface area contributed by atoms with E-state index >= 15 is 0 Å². The van der Waals surface area contributed by atoms with Crippen molar-refractivity contribution < 1.29 is 14.6 Å². The highest BCUT2D eigenvalue weighted by molar-refractivity contribution is 5.85. The molecule has 0 saturated carbocycles. The van der Waals surface area contributed by atoms with Crippen LogP contribution in [0.2, 0.25) is 0 Å². The summed E-state index contributed by atoms with van der Waals surface area (Å²) in [5.41, 5.74) is 1.42. The fraction of sp³-hybridized carbons (Fsp3) is 0.429. The van der Waals surface area contributed by atoms with Crippen molar-refractivity contribution in [2.24, 2.45) is 0 Å². The number of pyridine rings is 1. The Kier molecular flexibility index (Phi) is 7.19. The van der Waals surface area contributed by atoms with Crippen LogP contribution in [0.3, 0.4) is 0 Å². The third kappa shape index (κ3) is 6.34. The molecule has 0 amide bonds. The van der Waals surface area contributed by atoms with E-state index in [1.165, 1.54) is 11.6 Å². The van der Waals surface area contributed by atoms with E-state index in [1.54, 1.807) is 12.1 Å². The molecule has 2 heterocycles. The SMILES string of the molecule is O=C(O)c1cccc(NCCCOC2CCN(Cc3ccccc3)CC2)n1. The zero-order chi connectivity index (χ0) is 18.9. The first kappa shape index (κ1) is 19.3. The second kappa shape index (κ2) is 10.0. The number of aromatic carboxylic acids is 1. The molecule has 0 atom stereocenters. The van der Waals surface area contributed by atoms with E-state index in [0.29, 0.717) is 25.1 Å². The summed E-state index contributed by atoms with van der Waals surface area (Å²) in [5.74, 6) is -0.426. The van der Waals surface area contributed by atoms with Crippen molar-refractivity contribution in [2.45, 2.75) is 31.9 Å². The van der Waals surface area contributed by atoms with Gasteiger partial charge in [-0.2, -0.15) is 0 Å². The molecule has 1 saturated heterocycles. The monoisotopic (exact) mass is 369 g/mol. The number of benzene rings is 1. The molecule has 1 aliphatic rings. The minimum Gasteiger partial charge on any atom is -0.477 e. The van der Waals surface area contributed by atoms with Crippen LogP contribution in [0.5, 0.6) is 0 Å². The van der Waals surface area contributed by atoms with Crippen molar-refractivity contribution in [3.63, 3.8) is 0 Å². The third-order valence-corrected chi connectivity index (χ3v) is 4.73. The standard InChI is InChI=1S/C21H27N3O3/c25-21(26)19-8-4-9-20(23-19)22-12-5-15-27-18-10-13-24(14-11-18)16-17-6-2-1-3-7-17/h1-4,6-9,18H,5,10-16H2,(H,22,23)(H,25,26). The lowest BCUT2D eigenvalue weighted by molar-refractivity contribution is 0.00589. The van der Waals surface area contributed by atoms with Crippen LogP contribution < -0.4 is 5.32 Å². The number of carboxylic acids is 1. The number of anilines is 1. The van der Waals surface area contributed by atoms with Crippen LogP contribution in [0, 0.1) is 0 Å². The number of ether oxygens (including phenoxy) is 1. The number of hydrogen-bond donors (Lipinski definition) is 2. The zero-order valence-electron chi connectivity index (χ0n) is 15.5. The Labute approximate surface area is 160 Å². The quantitative estimate of drug-likeness (QED) is 0.661. The fourth-order valence-corrected chi connectivity index (χ4v) is 3.27. The molecule has 6 heteroatoms. The Morgan fingerprint density at radius 2 is 1.93 bits per heavy atom. The van der Waals surface area contributed by atoms with Gasteiger partial charge in [-0.3, -0.25) is 4.90 Å². The summed E-state index contributed by atoms with van der Waals surface area (Å²) in [4.78, 5) is 17.4. The van der Waals surface area contributed by atoms with E-state index in [2.05, 4.69) is 45.5 Å². The van der Waals surface area contributed by atoms with E-state index < -0.39 is 5.97 Å². The van der Waals surface area contributed by atoms with Gasteiger partial charge < -0.3 is 15.2 Å². The smallest absolute Gasteiger partial charge is 0.354 e. The highest BCUT2D eigenvalue weighted by atomic mass is 16.5. The summed E-state index contributed by atoms with van der Waals surface area (Å²) in [6, 6.07) is 15.5. The molecule has 0 unspecified atom stereocenters. The van der Waals surface area contributed by atoms with Crippen LogP contribution in [0.1, 0.15) is 35.3 Å². The largest absolute Gasteiger partial charge is 0.477 e. The summed E-state index contributed by atoms with van der Waals surface area (Å²) < 4.78 is 6.00. The summed E-state index contributed by atoms with van der Waals surface area (Å²) in [6.07, 6.45) is 3.35. The first-order chi connectivity index (χ1) is 13.2. The Morgan fingerprint density at radius 3 is 2.67 bits per heavy atom. The highest BCUT2D eigenvalue weighted by Gasteiger charge is 2.19. The number of carbonyl (C=O) groups is 1. The number of nitrogens with one attached hydrogen (secondary N) is 1. The van der Waals surface area contributed by atoms with Gasteiger partial charge in [0.2, 0.25) is 0 Å². The van der Waals surface area contributed by atoms with Crippen LogP contribution in [-0.4, -0.2) is 53.3 Å². The second-order valence-electron chi connectivity index (χ2n) is 6.83. The molecule has 27 heavy (non-hydrogen) atoms. The molecule has 6 nitrogen and oxygen atoms in total. The summed E-state index contributed by atoms with van der Waals surface area (Å²) in [7, 11) is 0. The molecule has 0 aliphatic carbocycles. The highest BCUT2D eigenvalue weighted by Crippen LogP contribution is 2.16. The Morgan fingerprint density at radius 1 is 1.15 bits per heavy atom. The van der Waals surface area contributed by atoms with Crippen molar-refractivity contribution >= 4 is 11.8 Å². The molecule has 2 N–H and O–H groups in total. The maximum absolute atomic E-state index is 10.9. The molecular weight excluding hydrogens is 342 g/mol. The van der Waals surface area contributed by atoms with Crippen molar-refractivity contribution in [3.8, 4) is 0 Å². The number of carboxylic acid groups (broad SMARTS) is 1. The molecule has 0 spiro atoms. The lowest BCUT2D eigenvalue weighted by atomic mass is 10.1. The van der Waals surface area contributed by atoms with Crippen molar-refractivity contribution in [1.29, 1.82) is 0 Å². The molecular formula is C21H27N3O3. The number of hydrogen-bond acceptors (Lipinski definition) is 5. The summed E-state index contributed by atoms with van der Waals surface area (Å²) in [5, 5.41) is 12.1. The van der Waals surface area contributed by atoms with Crippen LogP contribution in [0.15, 0.2) is 48.5 Å². The average Bonchev–Trinajstić information content (AvgIpc) is 2.70. The fourth-order valence-electron chi connectivity index (χ4n) is 3.27. The molecule has 144 valence electrons. The number of nitrogens with zero attached hydrogens (tertiary/aromatic N) is 2. The van der Waals surface area contributed by atoms with E-state index in [0.717, 1.165) is 38.9 Å². The molecule has 3 rings (SSSR count). The lowest BCUT2D eigenvalue weighted by Gasteiger charge is -2.32. The Balaban J connectivity index is 1.28.